The van der Waals surface area contributed by atoms with Crippen LogP contribution in [0.5, 0.6) is 11.8 Å². The fourth-order valence-corrected chi connectivity index (χ4v) is 2.75. The molecule has 0 aliphatic rings. The van der Waals surface area contributed by atoms with E-state index in [9.17, 15) is 4.79 Å². The molecule has 27 heavy (non-hydrogen) atoms. The van der Waals surface area contributed by atoms with E-state index in [1.165, 1.54) is 4.90 Å². The number of anilines is 1. The topological polar surface area (TPSA) is 67.4 Å². The summed E-state index contributed by atoms with van der Waals surface area (Å²) in [5, 5.41) is 2.87. The molecule has 0 bridgehead atoms. The van der Waals surface area contributed by atoms with Crippen molar-refractivity contribution in [1.82, 2.24) is 14.9 Å². The second-order valence-corrected chi connectivity index (χ2v) is 6.67. The number of carbonyl (C=O) groups is 1. The van der Waals surface area contributed by atoms with E-state index < -0.39 is 0 Å². The Morgan fingerprint density at radius 3 is 2.37 bits per heavy atom. The minimum absolute atomic E-state index is 0.177. The van der Waals surface area contributed by atoms with Gasteiger partial charge in [0.2, 0.25) is 0 Å². The number of hydrogen-bond acceptors (Lipinski definition) is 5. The Morgan fingerprint density at radius 1 is 1.07 bits per heavy atom. The third-order valence-corrected chi connectivity index (χ3v) is 4.53. The summed E-state index contributed by atoms with van der Waals surface area (Å²) in [4.78, 5) is 23.2. The maximum absolute atomic E-state index is 12.4. The zero-order chi connectivity index (χ0) is 19.1. The van der Waals surface area contributed by atoms with Crippen LogP contribution >= 0.6 is 11.8 Å². The Hall–Kier alpha value is -3.06. The van der Waals surface area contributed by atoms with Crippen molar-refractivity contribution in [1.29, 1.82) is 0 Å². The van der Waals surface area contributed by atoms with Gasteiger partial charge in [0.05, 0.1) is 0 Å². The van der Waals surface area contributed by atoms with Crippen molar-refractivity contribution >= 4 is 23.5 Å². The number of ether oxygens (including phenoxy) is 1. The molecule has 138 valence electrons. The molecule has 0 fully saturated rings. The molecule has 2 amide bonds. The summed E-state index contributed by atoms with van der Waals surface area (Å²) in [5.41, 5.74) is 1.77. The van der Waals surface area contributed by atoms with Crippen molar-refractivity contribution in [2.45, 2.75) is 11.4 Å². The Labute approximate surface area is 162 Å². The SMILES string of the molecule is CSc1ccc(CN(C)C(=O)Nc2ccc(Oc3ncccn3)cc2)cc1. The van der Waals surface area contributed by atoms with Crippen molar-refractivity contribution in [3.8, 4) is 11.8 Å². The highest BCUT2D eigenvalue weighted by Gasteiger charge is 2.10. The molecule has 1 heterocycles. The lowest BCUT2D eigenvalue weighted by atomic mass is 10.2. The highest BCUT2D eigenvalue weighted by molar-refractivity contribution is 7.98. The largest absolute Gasteiger partial charge is 0.424 e. The molecule has 3 aromatic rings. The third kappa shape index (κ3) is 5.46. The number of hydrogen-bond donors (Lipinski definition) is 1. The van der Waals surface area contributed by atoms with E-state index in [2.05, 4.69) is 27.4 Å². The number of nitrogens with zero attached hydrogens (tertiary/aromatic N) is 3. The lowest BCUT2D eigenvalue weighted by molar-refractivity contribution is 0.220. The van der Waals surface area contributed by atoms with Crippen molar-refractivity contribution < 1.29 is 9.53 Å². The first-order chi connectivity index (χ1) is 13.1. The summed E-state index contributed by atoms with van der Waals surface area (Å²) < 4.78 is 5.54. The summed E-state index contributed by atoms with van der Waals surface area (Å²) in [6.07, 6.45) is 5.26. The quantitative estimate of drug-likeness (QED) is 0.630. The summed E-state index contributed by atoms with van der Waals surface area (Å²) in [5.74, 6) is 0.599. The fraction of sp³-hybridized carbons (Fsp3) is 0.150. The number of thioether (sulfide) groups is 1. The van der Waals surface area contributed by atoms with Gasteiger partial charge in [0.25, 0.3) is 0 Å². The highest BCUT2D eigenvalue weighted by Crippen LogP contribution is 2.20. The van der Waals surface area contributed by atoms with Gasteiger partial charge in [-0.15, -0.1) is 11.8 Å². The molecule has 0 spiro atoms. The number of amides is 2. The van der Waals surface area contributed by atoms with Gasteiger partial charge in [0, 0.05) is 36.6 Å². The van der Waals surface area contributed by atoms with Crippen LogP contribution in [0.3, 0.4) is 0 Å². The number of urea groups is 1. The van der Waals surface area contributed by atoms with Crippen LogP contribution in [0.2, 0.25) is 0 Å². The molecule has 0 saturated heterocycles. The van der Waals surface area contributed by atoms with Crippen LogP contribution in [0.15, 0.2) is 71.9 Å². The van der Waals surface area contributed by atoms with Crippen LogP contribution in [-0.2, 0) is 6.54 Å². The summed E-state index contributed by atoms with van der Waals surface area (Å²) in [7, 11) is 1.77. The molecular weight excluding hydrogens is 360 g/mol. The van der Waals surface area contributed by atoms with Crippen molar-refractivity contribution in [2.75, 3.05) is 18.6 Å². The number of benzene rings is 2. The van der Waals surface area contributed by atoms with E-state index >= 15 is 0 Å². The number of rotatable bonds is 6. The second-order valence-electron chi connectivity index (χ2n) is 5.79. The Morgan fingerprint density at radius 2 is 1.74 bits per heavy atom. The predicted molar refractivity (Wildman–Crippen MR) is 107 cm³/mol. The fourth-order valence-electron chi connectivity index (χ4n) is 2.35. The molecule has 0 aliphatic carbocycles. The Kier molecular flexibility index (Phi) is 6.27. The lowest BCUT2D eigenvalue weighted by Gasteiger charge is -2.18. The van der Waals surface area contributed by atoms with Crippen LogP contribution in [0.25, 0.3) is 0 Å². The van der Waals surface area contributed by atoms with E-state index in [1.54, 1.807) is 66.4 Å². The van der Waals surface area contributed by atoms with Gasteiger partial charge in [0.15, 0.2) is 0 Å². The maximum atomic E-state index is 12.4. The summed E-state index contributed by atoms with van der Waals surface area (Å²) in [6, 6.07) is 17.1. The molecule has 0 aliphatic heterocycles. The van der Waals surface area contributed by atoms with E-state index in [1.807, 2.05) is 18.4 Å². The molecule has 6 nitrogen and oxygen atoms in total. The van der Waals surface area contributed by atoms with Gasteiger partial charge >= 0.3 is 12.0 Å². The van der Waals surface area contributed by atoms with Crippen LogP contribution in [0.1, 0.15) is 5.56 Å². The predicted octanol–water partition coefficient (Wildman–Crippen LogP) is 4.65. The zero-order valence-electron chi connectivity index (χ0n) is 15.1. The van der Waals surface area contributed by atoms with Gasteiger partial charge in [0.1, 0.15) is 5.75 Å². The average Bonchev–Trinajstić information content (AvgIpc) is 2.71. The van der Waals surface area contributed by atoms with Crippen molar-refractivity contribution in [3.63, 3.8) is 0 Å². The van der Waals surface area contributed by atoms with Crippen molar-refractivity contribution in [3.05, 3.63) is 72.6 Å². The van der Waals surface area contributed by atoms with Gasteiger partial charge in [-0.25, -0.2) is 14.8 Å². The Bertz CT molecular complexity index is 871. The van der Waals surface area contributed by atoms with Gasteiger partial charge in [-0.1, -0.05) is 12.1 Å². The molecule has 7 heteroatoms. The van der Waals surface area contributed by atoms with Crippen molar-refractivity contribution in [2.24, 2.45) is 0 Å². The van der Waals surface area contributed by atoms with Gasteiger partial charge in [-0.2, -0.15) is 0 Å². The Balaban J connectivity index is 1.54. The molecular formula is C20H20N4O2S. The molecule has 0 saturated carbocycles. The minimum Gasteiger partial charge on any atom is -0.424 e. The average molecular weight is 380 g/mol. The third-order valence-electron chi connectivity index (χ3n) is 3.78. The van der Waals surface area contributed by atoms with E-state index in [4.69, 9.17) is 4.74 Å². The molecule has 1 aromatic heterocycles. The first kappa shape index (κ1) is 18.7. The summed E-state index contributed by atoms with van der Waals surface area (Å²) >= 11 is 1.70. The maximum Gasteiger partial charge on any atom is 0.321 e. The first-order valence-corrected chi connectivity index (χ1v) is 9.56. The van der Waals surface area contributed by atoms with Crippen LogP contribution in [-0.4, -0.2) is 34.2 Å². The van der Waals surface area contributed by atoms with Crippen LogP contribution < -0.4 is 10.1 Å². The monoisotopic (exact) mass is 380 g/mol. The molecule has 0 radical (unpaired) electrons. The normalized spacial score (nSPS) is 10.3. The molecule has 0 atom stereocenters. The first-order valence-electron chi connectivity index (χ1n) is 8.34. The van der Waals surface area contributed by atoms with E-state index in [0.29, 0.717) is 18.0 Å². The second kappa shape index (κ2) is 9.05. The standard InChI is InChI=1S/C20H20N4O2S/c1-24(14-15-4-10-18(27-2)11-5-15)20(25)23-16-6-8-17(9-7-16)26-19-21-12-3-13-22-19/h3-13H,14H2,1-2H3,(H,23,25). The van der Waals surface area contributed by atoms with E-state index in [-0.39, 0.29) is 12.0 Å². The lowest BCUT2D eigenvalue weighted by Crippen LogP contribution is -2.30. The molecule has 0 unspecified atom stereocenters. The molecule has 1 N–H and O–H groups in total. The molecule has 2 aromatic carbocycles. The van der Waals surface area contributed by atoms with Crippen LogP contribution in [0.4, 0.5) is 10.5 Å². The smallest absolute Gasteiger partial charge is 0.321 e. The number of aromatic nitrogens is 2. The number of carbonyl (C=O) groups excluding carboxylic acids is 1. The van der Waals surface area contributed by atoms with Gasteiger partial charge < -0.3 is 15.0 Å². The summed E-state index contributed by atoms with van der Waals surface area (Å²) in [6.45, 7) is 0.535. The van der Waals surface area contributed by atoms with E-state index in [0.717, 1.165) is 5.56 Å². The number of nitrogens with one attached hydrogen (secondary N) is 1. The minimum atomic E-state index is -0.177. The highest BCUT2D eigenvalue weighted by atomic mass is 32.2. The molecule has 3 rings (SSSR count). The zero-order valence-corrected chi connectivity index (χ0v) is 15.9. The van der Waals surface area contributed by atoms with Gasteiger partial charge in [-0.05, 0) is 54.3 Å². The van der Waals surface area contributed by atoms with Crippen LogP contribution in [0, 0.1) is 0 Å². The van der Waals surface area contributed by atoms with Gasteiger partial charge in [-0.3, -0.25) is 0 Å².